The Morgan fingerprint density at radius 3 is 2.76 bits per heavy atom. The molecule has 0 unspecified atom stereocenters. The number of H-pyrrole nitrogens is 2. The monoisotopic (exact) mass is 445 g/mol. The summed E-state index contributed by atoms with van der Waals surface area (Å²) in [6.07, 6.45) is 8.04. The van der Waals surface area contributed by atoms with Gasteiger partial charge in [0.15, 0.2) is 17.4 Å². The second-order valence-electron chi connectivity index (χ2n) is 9.51. The maximum absolute atomic E-state index is 14.1. The number of aromatic hydroxyl groups is 1. The van der Waals surface area contributed by atoms with E-state index in [0.717, 1.165) is 57.3 Å². The predicted octanol–water partition coefficient (Wildman–Crippen LogP) is 5.40. The van der Waals surface area contributed by atoms with Crippen LogP contribution in [0.25, 0.3) is 33.5 Å². The van der Waals surface area contributed by atoms with Gasteiger partial charge in [0.2, 0.25) is 0 Å². The van der Waals surface area contributed by atoms with Gasteiger partial charge in [-0.3, -0.25) is 10.00 Å². The van der Waals surface area contributed by atoms with Crippen LogP contribution >= 0.6 is 0 Å². The van der Waals surface area contributed by atoms with Gasteiger partial charge in [-0.1, -0.05) is 13.0 Å². The normalized spacial score (nSPS) is 20.7. The largest absolute Gasteiger partial charge is 0.505 e. The fourth-order valence-corrected chi connectivity index (χ4v) is 5.68. The summed E-state index contributed by atoms with van der Waals surface area (Å²) in [5.74, 6) is 0.692. The van der Waals surface area contributed by atoms with Gasteiger partial charge >= 0.3 is 0 Å². The van der Waals surface area contributed by atoms with Crippen LogP contribution in [0.2, 0.25) is 0 Å². The Labute approximate surface area is 191 Å². The van der Waals surface area contributed by atoms with Crippen LogP contribution in [0.1, 0.15) is 43.9 Å². The third-order valence-electron chi connectivity index (χ3n) is 7.48. The van der Waals surface area contributed by atoms with E-state index in [-0.39, 0.29) is 5.75 Å². The highest BCUT2D eigenvalue weighted by molar-refractivity contribution is 5.94. The summed E-state index contributed by atoms with van der Waals surface area (Å²) in [7, 11) is 0. The Morgan fingerprint density at radius 1 is 1.15 bits per heavy atom. The van der Waals surface area contributed by atoms with Gasteiger partial charge in [0, 0.05) is 30.2 Å². The highest BCUT2D eigenvalue weighted by atomic mass is 19.1. The van der Waals surface area contributed by atoms with Crippen molar-refractivity contribution < 1.29 is 9.50 Å². The van der Waals surface area contributed by atoms with Crippen molar-refractivity contribution >= 4 is 10.9 Å². The number of nitrogens with zero attached hydrogens (tertiary/aromatic N) is 3. The van der Waals surface area contributed by atoms with E-state index in [1.54, 1.807) is 0 Å². The first-order valence-corrected chi connectivity index (χ1v) is 11.9. The Hall–Kier alpha value is -3.19. The molecule has 33 heavy (non-hydrogen) atoms. The SMILES string of the molecule is CCc1cc(O)c(F)cc1-c1ccc2c(-c3ncc(CN4CC5CCC4CC5)[nH]3)n[nH]c2c1. The second-order valence-corrected chi connectivity index (χ2v) is 9.51. The molecule has 4 heterocycles. The molecule has 0 radical (unpaired) electrons. The lowest BCUT2D eigenvalue weighted by molar-refractivity contribution is 0.0417. The highest BCUT2D eigenvalue weighted by Gasteiger charge is 2.33. The van der Waals surface area contributed by atoms with Crippen molar-refractivity contribution in [3.05, 3.63) is 53.6 Å². The van der Waals surface area contributed by atoms with Crippen molar-refractivity contribution in [3.63, 3.8) is 0 Å². The molecule has 2 aromatic carbocycles. The molecule has 0 atom stereocenters. The van der Waals surface area contributed by atoms with Crippen LogP contribution in [0.4, 0.5) is 4.39 Å². The molecule has 2 aliphatic heterocycles. The highest BCUT2D eigenvalue weighted by Crippen LogP contribution is 2.36. The van der Waals surface area contributed by atoms with Gasteiger partial charge in [-0.15, -0.1) is 0 Å². The van der Waals surface area contributed by atoms with Crippen LogP contribution in [0.15, 0.2) is 36.5 Å². The quantitative estimate of drug-likeness (QED) is 0.384. The van der Waals surface area contributed by atoms with Crippen LogP contribution in [-0.2, 0) is 13.0 Å². The number of aromatic amines is 2. The number of aromatic nitrogens is 4. The molecule has 3 aliphatic rings. The Morgan fingerprint density at radius 2 is 2.00 bits per heavy atom. The number of halogens is 1. The molecule has 0 amide bonds. The van der Waals surface area contributed by atoms with Gasteiger partial charge in [-0.2, -0.15) is 5.10 Å². The summed E-state index contributed by atoms with van der Waals surface area (Å²) >= 11 is 0. The van der Waals surface area contributed by atoms with Crippen molar-refractivity contribution in [2.24, 2.45) is 5.92 Å². The maximum Gasteiger partial charge on any atom is 0.165 e. The molecule has 170 valence electrons. The number of piperidine rings is 2. The van der Waals surface area contributed by atoms with Crippen molar-refractivity contribution in [1.82, 2.24) is 25.1 Å². The molecule has 2 bridgehead atoms. The van der Waals surface area contributed by atoms with Gasteiger partial charge in [0.05, 0.1) is 11.7 Å². The van der Waals surface area contributed by atoms with E-state index >= 15 is 0 Å². The topological polar surface area (TPSA) is 80.8 Å². The number of phenols is 1. The molecule has 1 aliphatic carbocycles. The first kappa shape index (κ1) is 20.4. The number of hydrogen-bond acceptors (Lipinski definition) is 4. The summed E-state index contributed by atoms with van der Waals surface area (Å²) < 4.78 is 14.1. The number of nitrogens with one attached hydrogen (secondary N) is 2. The van der Waals surface area contributed by atoms with E-state index in [1.807, 2.05) is 31.3 Å². The lowest BCUT2D eigenvalue weighted by Crippen LogP contribution is -2.47. The lowest BCUT2D eigenvalue weighted by atomic mass is 9.80. The van der Waals surface area contributed by atoms with Crippen molar-refractivity contribution in [2.75, 3.05) is 6.54 Å². The molecular formula is C26H28FN5O. The van der Waals surface area contributed by atoms with Gasteiger partial charge in [0.1, 0.15) is 5.69 Å². The summed E-state index contributed by atoms with van der Waals surface area (Å²) in [4.78, 5) is 10.7. The first-order valence-electron chi connectivity index (χ1n) is 11.9. The molecule has 1 saturated carbocycles. The molecule has 4 aromatic rings. The molecule has 3 N–H and O–H groups in total. The molecule has 3 fully saturated rings. The van der Waals surface area contributed by atoms with Crippen LogP contribution in [0, 0.1) is 11.7 Å². The average Bonchev–Trinajstić information content (AvgIpc) is 3.47. The number of imidazole rings is 1. The van der Waals surface area contributed by atoms with Gasteiger partial charge in [-0.25, -0.2) is 9.37 Å². The molecule has 2 saturated heterocycles. The summed E-state index contributed by atoms with van der Waals surface area (Å²) in [5.41, 5.74) is 5.34. The fourth-order valence-electron chi connectivity index (χ4n) is 5.68. The predicted molar refractivity (Wildman–Crippen MR) is 126 cm³/mol. The number of benzene rings is 2. The molecule has 2 aromatic heterocycles. The van der Waals surface area contributed by atoms with Crippen molar-refractivity contribution in [3.8, 4) is 28.4 Å². The second kappa shape index (κ2) is 7.99. The third-order valence-corrected chi connectivity index (χ3v) is 7.48. The van der Waals surface area contributed by atoms with E-state index in [4.69, 9.17) is 0 Å². The smallest absolute Gasteiger partial charge is 0.165 e. The summed E-state index contributed by atoms with van der Waals surface area (Å²) in [6, 6.07) is 9.57. The minimum absolute atomic E-state index is 0.313. The van der Waals surface area contributed by atoms with Gasteiger partial charge in [0.25, 0.3) is 0 Å². The van der Waals surface area contributed by atoms with Crippen LogP contribution < -0.4 is 0 Å². The minimum Gasteiger partial charge on any atom is -0.505 e. The summed E-state index contributed by atoms with van der Waals surface area (Å²) in [6.45, 7) is 4.10. The van der Waals surface area contributed by atoms with Crippen molar-refractivity contribution in [1.29, 1.82) is 0 Å². The molecular weight excluding hydrogens is 417 g/mol. The maximum atomic E-state index is 14.1. The van der Waals surface area contributed by atoms with E-state index in [1.165, 1.54) is 44.4 Å². The van der Waals surface area contributed by atoms with E-state index < -0.39 is 5.82 Å². The van der Waals surface area contributed by atoms with Crippen LogP contribution in [0.5, 0.6) is 5.75 Å². The molecule has 7 heteroatoms. The van der Waals surface area contributed by atoms with Crippen molar-refractivity contribution in [2.45, 2.75) is 51.6 Å². The first-order chi connectivity index (χ1) is 16.1. The minimum atomic E-state index is -0.613. The van der Waals surface area contributed by atoms with E-state index in [9.17, 15) is 9.50 Å². The number of phenolic OH excluding ortho intramolecular Hbond substituents is 1. The lowest BCUT2D eigenvalue weighted by Gasteiger charge is -2.45. The Kier molecular flexibility index (Phi) is 4.94. The zero-order valence-corrected chi connectivity index (χ0v) is 18.7. The van der Waals surface area contributed by atoms with E-state index in [0.29, 0.717) is 12.5 Å². The zero-order chi connectivity index (χ0) is 22.5. The van der Waals surface area contributed by atoms with Gasteiger partial charge < -0.3 is 10.1 Å². The Balaban J connectivity index is 1.28. The molecule has 7 rings (SSSR count). The molecule has 0 spiro atoms. The zero-order valence-electron chi connectivity index (χ0n) is 18.7. The average molecular weight is 446 g/mol. The fraction of sp³-hybridized carbons (Fsp3) is 0.385. The Bertz CT molecular complexity index is 1320. The number of rotatable bonds is 5. The van der Waals surface area contributed by atoms with E-state index in [2.05, 4.69) is 25.1 Å². The van der Waals surface area contributed by atoms with Gasteiger partial charge in [-0.05, 0) is 79.0 Å². The number of fused-ring (bicyclic) bond motifs is 4. The number of hydrogen-bond donors (Lipinski definition) is 3. The number of aryl methyl sites for hydroxylation is 1. The van der Waals surface area contributed by atoms with Crippen LogP contribution in [-0.4, -0.2) is 42.8 Å². The summed E-state index contributed by atoms with van der Waals surface area (Å²) in [5, 5.41) is 18.3. The standard InChI is InChI=1S/C26H28FN5O/c1-2-16-10-24(33)22(27)11-21(16)17-5-8-20-23(9-17)30-31-25(20)26-28-12-18(29-26)14-32-13-15-3-6-19(32)7-4-15/h5,8-12,15,19,33H,2-4,6-7,13-14H2,1H3,(H,28,29)(H,30,31). The molecule has 6 nitrogen and oxygen atoms in total. The van der Waals surface area contributed by atoms with Crippen LogP contribution in [0.3, 0.4) is 0 Å². The third kappa shape index (κ3) is 3.60.